The van der Waals surface area contributed by atoms with Gasteiger partial charge in [-0.3, -0.25) is 0 Å². The first-order valence-corrected chi connectivity index (χ1v) is 4.31. The molecule has 0 radical (unpaired) electrons. The average Bonchev–Trinajstić information content (AvgIpc) is 1.76. The SMILES string of the molecule is CCC=[N+]1CC(C(C)C)C1. The molecule has 58 valence electrons. The summed E-state index contributed by atoms with van der Waals surface area (Å²) >= 11 is 0. The predicted octanol–water partition coefficient (Wildman–Crippen LogP) is 1.77. The molecule has 1 nitrogen and oxygen atoms in total. The molecule has 0 aromatic carbocycles. The Balaban J connectivity index is 2.24. The van der Waals surface area contributed by atoms with E-state index in [2.05, 4.69) is 31.6 Å². The highest BCUT2D eigenvalue weighted by Gasteiger charge is 2.32. The predicted molar refractivity (Wildman–Crippen MR) is 44.7 cm³/mol. The van der Waals surface area contributed by atoms with Gasteiger partial charge >= 0.3 is 0 Å². The molecule has 0 spiro atoms. The summed E-state index contributed by atoms with van der Waals surface area (Å²) in [5, 5.41) is 0. The Labute approximate surface area is 63.8 Å². The molecule has 1 saturated heterocycles. The van der Waals surface area contributed by atoms with Crippen molar-refractivity contribution in [2.45, 2.75) is 27.2 Å². The summed E-state index contributed by atoms with van der Waals surface area (Å²) in [4.78, 5) is 0. The van der Waals surface area contributed by atoms with E-state index >= 15 is 0 Å². The molecule has 0 amide bonds. The van der Waals surface area contributed by atoms with E-state index in [1.54, 1.807) is 0 Å². The Hall–Kier alpha value is -0.330. The normalized spacial score (nSPS) is 24.8. The Bertz CT molecular complexity index is 128. The Kier molecular flexibility index (Phi) is 2.47. The van der Waals surface area contributed by atoms with Crippen molar-refractivity contribution in [3.8, 4) is 0 Å². The summed E-state index contributed by atoms with van der Waals surface area (Å²) in [5.74, 6) is 1.84. The zero-order valence-electron chi connectivity index (χ0n) is 7.30. The smallest absolute Gasteiger partial charge is 0.151 e. The average molecular weight is 140 g/mol. The summed E-state index contributed by atoms with van der Waals surface area (Å²) in [6.45, 7) is 9.42. The molecule has 1 heterocycles. The molecule has 0 aliphatic carbocycles. The second-order valence-corrected chi connectivity index (χ2v) is 3.55. The van der Waals surface area contributed by atoms with Gasteiger partial charge in [0.25, 0.3) is 0 Å². The van der Waals surface area contributed by atoms with E-state index in [1.807, 2.05) is 0 Å². The maximum Gasteiger partial charge on any atom is 0.151 e. The van der Waals surface area contributed by atoms with E-state index in [0.717, 1.165) is 11.8 Å². The molecule has 0 aromatic rings. The van der Waals surface area contributed by atoms with E-state index in [9.17, 15) is 0 Å². The highest BCUT2D eigenvalue weighted by atomic mass is 15.1. The molecular formula is C9H18N+. The van der Waals surface area contributed by atoms with Crippen LogP contribution in [0.5, 0.6) is 0 Å². The molecular weight excluding hydrogens is 122 g/mol. The van der Waals surface area contributed by atoms with Crippen LogP contribution in [0.2, 0.25) is 0 Å². The molecule has 0 unspecified atom stereocenters. The first kappa shape index (κ1) is 7.77. The first-order valence-electron chi connectivity index (χ1n) is 4.31. The van der Waals surface area contributed by atoms with Gasteiger partial charge in [0, 0.05) is 6.42 Å². The van der Waals surface area contributed by atoms with Gasteiger partial charge < -0.3 is 0 Å². The molecule has 0 saturated carbocycles. The van der Waals surface area contributed by atoms with E-state index < -0.39 is 0 Å². The lowest BCUT2D eigenvalue weighted by Gasteiger charge is -2.26. The van der Waals surface area contributed by atoms with Gasteiger partial charge in [-0.05, 0) is 5.92 Å². The van der Waals surface area contributed by atoms with Crippen LogP contribution in [-0.2, 0) is 0 Å². The Morgan fingerprint density at radius 1 is 1.50 bits per heavy atom. The van der Waals surface area contributed by atoms with Crippen molar-refractivity contribution in [1.82, 2.24) is 0 Å². The van der Waals surface area contributed by atoms with Crippen LogP contribution in [0.1, 0.15) is 27.2 Å². The molecule has 0 atom stereocenters. The second-order valence-electron chi connectivity index (χ2n) is 3.55. The topological polar surface area (TPSA) is 3.01 Å². The van der Waals surface area contributed by atoms with E-state index in [1.165, 1.54) is 19.5 Å². The first-order chi connectivity index (χ1) is 4.74. The number of rotatable bonds is 2. The fourth-order valence-corrected chi connectivity index (χ4v) is 1.38. The standard InChI is InChI=1S/C9H18N/c1-4-5-10-6-9(7-10)8(2)3/h5,8-9H,4,6-7H2,1-3H3/q+1. The van der Waals surface area contributed by atoms with Crippen LogP contribution in [0.25, 0.3) is 0 Å². The fourth-order valence-electron chi connectivity index (χ4n) is 1.38. The van der Waals surface area contributed by atoms with Crippen molar-refractivity contribution in [2.24, 2.45) is 11.8 Å². The third-order valence-electron chi connectivity index (χ3n) is 2.32. The largest absolute Gasteiger partial charge is 0.238 e. The number of hydrogen-bond donors (Lipinski definition) is 0. The molecule has 1 heteroatoms. The van der Waals surface area contributed by atoms with Gasteiger partial charge in [0.1, 0.15) is 6.21 Å². The lowest BCUT2D eigenvalue weighted by molar-refractivity contribution is -0.605. The van der Waals surface area contributed by atoms with Gasteiger partial charge in [-0.15, -0.1) is 0 Å². The molecule has 1 fully saturated rings. The van der Waals surface area contributed by atoms with Crippen LogP contribution >= 0.6 is 0 Å². The highest BCUT2D eigenvalue weighted by Crippen LogP contribution is 2.18. The fraction of sp³-hybridized carbons (Fsp3) is 0.889. The lowest BCUT2D eigenvalue weighted by Crippen LogP contribution is -2.42. The van der Waals surface area contributed by atoms with Crippen molar-refractivity contribution in [2.75, 3.05) is 13.1 Å². The minimum Gasteiger partial charge on any atom is -0.238 e. The van der Waals surface area contributed by atoms with Crippen molar-refractivity contribution in [3.05, 3.63) is 0 Å². The number of nitrogens with zero attached hydrogens (tertiary/aromatic N) is 1. The molecule has 0 bridgehead atoms. The van der Waals surface area contributed by atoms with Crippen molar-refractivity contribution >= 4 is 6.21 Å². The maximum atomic E-state index is 2.42. The summed E-state index contributed by atoms with van der Waals surface area (Å²) in [6.07, 6.45) is 3.49. The third-order valence-corrected chi connectivity index (χ3v) is 2.32. The second kappa shape index (κ2) is 3.18. The van der Waals surface area contributed by atoms with Crippen LogP contribution in [0.3, 0.4) is 0 Å². The summed E-state index contributed by atoms with van der Waals surface area (Å²) in [5.41, 5.74) is 0. The van der Waals surface area contributed by atoms with Crippen LogP contribution < -0.4 is 0 Å². The summed E-state index contributed by atoms with van der Waals surface area (Å²) in [7, 11) is 0. The van der Waals surface area contributed by atoms with E-state index in [4.69, 9.17) is 0 Å². The van der Waals surface area contributed by atoms with Crippen LogP contribution in [-0.4, -0.2) is 23.9 Å². The van der Waals surface area contributed by atoms with E-state index in [0.29, 0.717) is 0 Å². The molecule has 0 N–H and O–H groups in total. The van der Waals surface area contributed by atoms with Gasteiger partial charge in [-0.2, -0.15) is 0 Å². The van der Waals surface area contributed by atoms with Gasteiger partial charge in [0.2, 0.25) is 0 Å². The van der Waals surface area contributed by atoms with Crippen molar-refractivity contribution in [3.63, 3.8) is 0 Å². The quantitative estimate of drug-likeness (QED) is 0.514. The van der Waals surface area contributed by atoms with Gasteiger partial charge in [0.15, 0.2) is 13.1 Å². The molecule has 1 rings (SSSR count). The van der Waals surface area contributed by atoms with E-state index in [-0.39, 0.29) is 0 Å². The Morgan fingerprint density at radius 3 is 2.50 bits per heavy atom. The zero-order valence-corrected chi connectivity index (χ0v) is 7.30. The van der Waals surface area contributed by atoms with Crippen LogP contribution in [0, 0.1) is 11.8 Å². The monoisotopic (exact) mass is 140 g/mol. The summed E-state index contributed by atoms with van der Waals surface area (Å²) < 4.78 is 2.42. The molecule has 1 aliphatic rings. The van der Waals surface area contributed by atoms with Crippen molar-refractivity contribution < 1.29 is 4.58 Å². The van der Waals surface area contributed by atoms with Crippen LogP contribution in [0.4, 0.5) is 0 Å². The molecule has 0 aromatic heterocycles. The molecule has 10 heavy (non-hydrogen) atoms. The highest BCUT2D eigenvalue weighted by molar-refractivity contribution is 5.50. The Morgan fingerprint density at radius 2 is 2.10 bits per heavy atom. The lowest BCUT2D eigenvalue weighted by atomic mass is 9.90. The summed E-state index contributed by atoms with van der Waals surface area (Å²) in [6, 6.07) is 0. The maximum absolute atomic E-state index is 2.42. The van der Waals surface area contributed by atoms with Gasteiger partial charge in [0.05, 0.1) is 5.92 Å². The minimum atomic E-state index is 0.876. The minimum absolute atomic E-state index is 0.876. The van der Waals surface area contributed by atoms with Crippen LogP contribution in [0.15, 0.2) is 0 Å². The van der Waals surface area contributed by atoms with Gasteiger partial charge in [-0.1, -0.05) is 20.8 Å². The van der Waals surface area contributed by atoms with Gasteiger partial charge in [-0.25, -0.2) is 4.58 Å². The third kappa shape index (κ3) is 1.59. The molecule has 1 aliphatic heterocycles. The zero-order chi connectivity index (χ0) is 7.56. The van der Waals surface area contributed by atoms with Crippen molar-refractivity contribution in [1.29, 1.82) is 0 Å². The number of hydrogen-bond acceptors (Lipinski definition) is 0.